The van der Waals surface area contributed by atoms with Crippen LogP contribution in [-0.4, -0.2) is 65.3 Å². The van der Waals surface area contributed by atoms with Crippen molar-refractivity contribution < 1.29 is 28.5 Å². The Morgan fingerprint density at radius 1 is 0.406 bits per heavy atom. The van der Waals surface area contributed by atoms with Gasteiger partial charge in [0.2, 0.25) is 0 Å². The summed E-state index contributed by atoms with van der Waals surface area (Å²) in [4.78, 5) is 0. The molecule has 0 amide bonds. The second-order valence-electron chi connectivity index (χ2n) is 21.8. The number of unbranched alkanes of at least 4 members (excludes halogenated alkanes) is 30. The molecule has 0 saturated heterocycles. The maximum atomic E-state index is 9.44. The molecule has 0 saturated carbocycles. The average Bonchev–Trinajstić information content (AvgIpc) is 3.35. The van der Waals surface area contributed by atoms with Gasteiger partial charge in [0.25, 0.3) is 0 Å². The van der Waals surface area contributed by atoms with Crippen LogP contribution in [0, 0.1) is 0 Å². The normalized spacial score (nSPS) is 12.8. The predicted octanol–water partition coefficient (Wildman–Crippen LogP) is 18.7. The average molecular weight is 984 g/mol. The van der Waals surface area contributed by atoms with Crippen LogP contribution in [0.25, 0.3) is 0 Å². The number of hydrogen-bond donors (Lipinski definition) is 1. The van der Waals surface area contributed by atoms with Crippen molar-refractivity contribution in [2.75, 3.05) is 39.6 Å². The molecule has 69 heavy (non-hydrogen) atoms. The molecule has 0 radical (unpaired) electrons. The van der Waals surface area contributed by atoms with Crippen molar-refractivity contribution >= 4 is 8.32 Å². The van der Waals surface area contributed by atoms with E-state index in [2.05, 4.69) is 72.0 Å². The molecule has 0 aliphatic rings. The number of aliphatic hydroxyl groups is 1. The maximum Gasteiger partial charge on any atom is 0.192 e. The molecule has 2 aromatic rings. The monoisotopic (exact) mass is 983 g/mol. The topological polar surface area (TPSA) is 66.4 Å². The Balaban J connectivity index is 0.000000704. The molecular weight excluding hydrogens is 869 g/mol. The molecule has 0 spiro atoms. The van der Waals surface area contributed by atoms with Crippen molar-refractivity contribution in [3.63, 3.8) is 0 Å². The summed E-state index contributed by atoms with van der Waals surface area (Å²) >= 11 is 0. The maximum absolute atomic E-state index is 9.44. The van der Waals surface area contributed by atoms with E-state index in [-0.39, 0.29) is 23.9 Å². The molecule has 0 aliphatic heterocycles. The van der Waals surface area contributed by atoms with Crippen molar-refractivity contribution in [2.45, 2.75) is 284 Å². The van der Waals surface area contributed by atoms with Gasteiger partial charge in [-0.3, -0.25) is 0 Å². The first-order valence-corrected chi connectivity index (χ1v) is 32.2. The lowest BCUT2D eigenvalue weighted by Crippen LogP contribution is -2.43. The van der Waals surface area contributed by atoms with Gasteiger partial charge in [0, 0.05) is 13.2 Å². The fourth-order valence-corrected chi connectivity index (χ4v) is 9.36. The van der Waals surface area contributed by atoms with Crippen LogP contribution in [0.15, 0.2) is 60.7 Å². The van der Waals surface area contributed by atoms with E-state index in [1.165, 1.54) is 198 Å². The number of benzene rings is 2. The highest BCUT2D eigenvalue weighted by Crippen LogP contribution is 2.36. The summed E-state index contributed by atoms with van der Waals surface area (Å²) in [5.41, 5.74) is 2.32. The minimum atomic E-state index is -1.81. The van der Waals surface area contributed by atoms with Crippen LogP contribution in [0.5, 0.6) is 0 Å². The molecule has 2 aromatic carbocycles. The minimum absolute atomic E-state index is 0.00575. The van der Waals surface area contributed by atoms with Crippen LogP contribution < -0.4 is 0 Å². The van der Waals surface area contributed by atoms with E-state index in [1.807, 2.05) is 36.4 Å². The summed E-state index contributed by atoms with van der Waals surface area (Å²) in [6.07, 6.45) is 44.1. The van der Waals surface area contributed by atoms with E-state index < -0.39 is 8.32 Å². The van der Waals surface area contributed by atoms with E-state index in [1.54, 1.807) is 0 Å². The van der Waals surface area contributed by atoms with Crippen molar-refractivity contribution in [1.29, 1.82) is 0 Å². The Bertz CT molecular complexity index is 1300. The van der Waals surface area contributed by atoms with Gasteiger partial charge in [-0.15, -0.1) is 0 Å². The summed E-state index contributed by atoms with van der Waals surface area (Å²) in [5.74, 6) is 0. The van der Waals surface area contributed by atoms with Crippen molar-refractivity contribution in [3.8, 4) is 0 Å². The van der Waals surface area contributed by atoms with Crippen LogP contribution in [-0.2, 0) is 36.6 Å². The second kappa shape index (κ2) is 47.4. The predicted molar refractivity (Wildman–Crippen MR) is 301 cm³/mol. The third-order valence-electron chi connectivity index (χ3n) is 14.2. The lowest BCUT2D eigenvalue weighted by molar-refractivity contribution is -0.0502. The van der Waals surface area contributed by atoms with Crippen LogP contribution in [0.1, 0.15) is 251 Å². The quantitative estimate of drug-likeness (QED) is 0.0526. The van der Waals surface area contributed by atoms with Gasteiger partial charge in [0.15, 0.2) is 8.32 Å². The molecule has 0 heterocycles. The molecule has 6 nitrogen and oxygen atoms in total. The molecule has 0 aliphatic carbocycles. The summed E-state index contributed by atoms with van der Waals surface area (Å²) < 4.78 is 30.2. The molecular formula is C62H114O6Si. The zero-order valence-corrected chi connectivity index (χ0v) is 47.7. The van der Waals surface area contributed by atoms with Crippen LogP contribution in [0.4, 0.5) is 0 Å². The van der Waals surface area contributed by atoms with Gasteiger partial charge >= 0.3 is 0 Å². The summed E-state index contributed by atoms with van der Waals surface area (Å²) in [6, 6.07) is 20.5. The van der Waals surface area contributed by atoms with Gasteiger partial charge in [-0.25, -0.2) is 0 Å². The Hall–Kier alpha value is -1.58. The third kappa shape index (κ3) is 41.6. The summed E-state index contributed by atoms with van der Waals surface area (Å²) in [5, 5.41) is 9.64. The third-order valence-corrected chi connectivity index (χ3v) is 18.7. The van der Waals surface area contributed by atoms with E-state index >= 15 is 0 Å². The Labute approximate surface area is 430 Å². The highest BCUT2D eigenvalue weighted by atomic mass is 28.4. The highest BCUT2D eigenvalue weighted by Gasteiger charge is 2.37. The zero-order valence-electron chi connectivity index (χ0n) is 46.7. The highest BCUT2D eigenvalue weighted by molar-refractivity contribution is 6.74. The Morgan fingerprint density at radius 3 is 1.00 bits per heavy atom. The van der Waals surface area contributed by atoms with Crippen molar-refractivity contribution in [3.05, 3.63) is 71.8 Å². The first kappa shape index (κ1) is 65.4. The lowest BCUT2D eigenvalue weighted by Gasteiger charge is -2.37. The summed E-state index contributed by atoms with van der Waals surface area (Å²) in [6.45, 7) is 20.5. The fourth-order valence-electron chi connectivity index (χ4n) is 8.33. The molecule has 0 aromatic heterocycles. The van der Waals surface area contributed by atoms with Gasteiger partial charge in [-0.1, -0.05) is 288 Å². The first-order chi connectivity index (χ1) is 33.6. The van der Waals surface area contributed by atoms with Gasteiger partial charge < -0.3 is 28.5 Å². The van der Waals surface area contributed by atoms with E-state index in [4.69, 9.17) is 23.4 Å². The van der Waals surface area contributed by atoms with E-state index in [0.717, 1.165) is 31.6 Å². The fraction of sp³-hybridized carbons (Fsp3) is 0.806. The zero-order chi connectivity index (χ0) is 50.2. The van der Waals surface area contributed by atoms with Crippen LogP contribution in [0.2, 0.25) is 18.1 Å². The van der Waals surface area contributed by atoms with Gasteiger partial charge in [0.05, 0.1) is 39.6 Å². The largest absolute Gasteiger partial charge is 0.414 e. The van der Waals surface area contributed by atoms with E-state index in [9.17, 15) is 5.11 Å². The molecule has 402 valence electrons. The molecule has 2 rings (SSSR count). The summed E-state index contributed by atoms with van der Waals surface area (Å²) in [7, 11) is -1.81. The van der Waals surface area contributed by atoms with Gasteiger partial charge in [-0.05, 0) is 42.1 Å². The lowest BCUT2D eigenvalue weighted by atomic mass is 10.0. The number of aliphatic hydroxyl groups excluding tert-OH is 1. The van der Waals surface area contributed by atoms with E-state index in [0.29, 0.717) is 33.0 Å². The molecule has 0 bridgehead atoms. The Morgan fingerprint density at radius 2 is 0.696 bits per heavy atom. The number of rotatable bonds is 48. The first-order valence-electron chi connectivity index (χ1n) is 29.3. The standard InChI is InChI=1S/C34H64O3Si.C28H50O3/c1-7-8-9-10-11-12-13-14-15-16-17-18-19-20-21-25-28-35-30-33(31-37-38(5,6)34(2,3)4)36-29-32-26-23-22-24-27-32;1-2-3-4-5-6-7-8-9-10-11-12-13-14-15-16-20-23-30-26-28(24-29)31-25-27-21-18-17-19-22-27/h22-24,26-27,33H,7-21,25,28-31H2,1-6H3;17-19,21-22,28-29H,2-16,20,23-26H2,1H3/t33-;28-/m01/s1. The van der Waals surface area contributed by atoms with Gasteiger partial charge in [-0.2, -0.15) is 0 Å². The molecule has 0 unspecified atom stereocenters. The van der Waals surface area contributed by atoms with Crippen molar-refractivity contribution in [1.82, 2.24) is 0 Å². The van der Waals surface area contributed by atoms with Crippen LogP contribution in [0.3, 0.4) is 0 Å². The SMILES string of the molecule is CCCCCCCCCCCCCCCCCCOC[C@@H](CO)OCc1ccccc1.CCCCCCCCCCCCCCCCCCOC[C@@H](CO[Si](C)(C)C(C)(C)C)OCc1ccccc1. The van der Waals surface area contributed by atoms with Crippen molar-refractivity contribution in [2.24, 2.45) is 0 Å². The molecule has 2 atom stereocenters. The van der Waals surface area contributed by atoms with Gasteiger partial charge in [0.1, 0.15) is 12.2 Å². The molecule has 0 fully saturated rings. The van der Waals surface area contributed by atoms with Crippen LogP contribution >= 0.6 is 0 Å². The molecule has 1 N–H and O–H groups in total. The minimum Gasteiger partial charge on any atom is -0.414 e. The molecule has 7 heteroatoms. The number of hydrogen-bond acceptors (Lipinski definition) is 6. The smallest absolute Gasteiger partial charge is 0.192 e. The Kier molecular flexibility index (Phi) is 45.0. The second-order valence-corrected chi connectivity index (χ2v) is 26.7. The number of ether oxygens (including phenoxy) is 4.